The molecule has 2 aromatic heterocycles. The van der Waals surface area contributed by atoms with E-state index in [1.165, 1.54) is 62.7 Å². The molecule has 0 amide bonds. The van der Waals surface area contributed by atoms with Crippen LogP contribution in [-0.4, -0.2) is 14.2 Å². The van der Waals surface area contributed by atoms with Crippen LogP contribution < -0.4 is 0 Å². The van der Waals surface area contributed by atoms with Crippen molar-refractivity contribution in [3.8, 4) is 0 Å². The zero-order valence-corrected chi connectivity index (χ0v) is 23.3. The highest BCUT2D eigenvalue weighted by Gasteiger charge is 2.25. The number of rotatable bonds is 15. The minimum Gasteiger partial charge on any atom is -0.223 e. The minimum absolute atomic E-state index is 0.286. The lowest BCUT2D eigenvalue weighted by Crippen LogP contribution is -2.16. The lowest BCUT2D eigenvalue weighted by molar-refractivity contribution is 0.432. The van der Waals surface area contributed by atoms with Gasteiger partial charge >= 0.3 is 0 Å². The molecule has 1 unspecified atom stereocenters. The molecule has 1 atom stereocenters. The predicted octanol–water partition coefficient (Wildman–Crippen LogP) is 9.60. The molecule has 0 aromatic carbocycles. The maximum absolute atomic E-state index is 13.2. The van der Waals surface area contributed by atoms with Gasteiger partial charge in [0.25, 0.3) is 0 Å². The van der Waals surface area contributed by atoms with Crippen LogP contribution in [0.5, 0.6) is 0 Å². The summed E-state index contributed by atoms with van der Waals surface area (Å²) in [6.07, 6.45) is 14.5. The van der Waals surface area contributed by atoms with Gasteiger partial charge in [0.15, 0.2) is 9.84 Å². The molecule has 2 nitrogen and oxygen atoms in total. The molecule has 0 aliphatic carbocycles. The Labute approximate surface area is 202 Å². The molecule has 0 aliphatic heterocycles. The van der Waals surface area contributed by atoms with Crippen molar-refractivity contribution in [2.24, 2.45) is 5.92 Å². The van der Waals surface area contributed by atoms with Gasteiger partial charge in [-0.05, 0) is 56.7 Å². The van der Waals surface area contributed by atoms with Crippen LogP contribution in [0.25, 0.3) is 10.1 Å². The predicted molar refractivity (Wildman–Crippen MR) is 137 cm³/mol. The summed E-state index contributed by atoms with van der Waals surface area (Å²) in [6, 6.07) is 1.86. The Hall–Kier alpha value is 0.570. The normalized spacial score (nSPS) is 13.4. The molecular weight excluding hydrogens is 552 g/mol. The molecule has 0 radical (unpaired) electrons. The Bertz CT molecular complexity index is 805. The zero-order chi connectivity index (χ0) is 21.3. The van der Waals surface area contributed by atoms with Crippen molar-refractivity contribution in [2.45, 2.75) is 95.1 Å². The zero-order valence-electron chi connectivity index (χ0n) is 17.6. The van der Waals surface area contributed by atoms with Crippen molar-refractivity contribution in [1.82, 2.24) is 0 Å². The smallest absolute Gasteiger partial charge is 0.188 e. The molecule has 2 rings (SSSR count). The van der Waals surface area contributed by atoms with Crippen molar-refractivity contribution in [1.29, 1.82) is 0 Å². The fourth-order valence-corrected chi connectivity index (χ4v) is 10.3. The third-order valence-electron chi connectivity index (χ3n) is 5.47. The topological polar surface area (TPSA) is 34.1 Å². The van der Waals surface area contributed by atoms with Gasteiger partial charge in [0.1, 0.15) is 4.21 Å². The van der Waals surface area contributed by atoms with Crippen LogP contribution in [0.3, 0.4) is 0 Å². The summed E-state index contributed by atoms with van der Waals surface area (Å²) in [5.41, 5.74) is 0. The summed E-state index contributed by atoms with van der Waals surface area (Å²) < 4.78 is 29.9. The standard InChI is InChI=1S/C22H34Br2O2S3/c1-3-5-7-9-10-12-14-17(13-11-8-6-4-2)16-29(25,26)19-15-18-20(27-19)22(24)28-21(18)23/h15,17H,3-14,16H2,1-2H3. The van der Waals surface area contributed by atoms with Gasteiger partial charge in [-0.1, -0.05) is 78.1 Å². The molecule has 0 N–H and O–H groups in total. The summed E-state index contributed by atoms with van der Waals surface area (Å²) in [6.45, 7) is 4.46. The van der Waals surface area contributed by atoms with Gasteiger partial charge in [-0.2, -0.15) is 0 Å². The number of fused-ring (bicyclic) bond motifs is 1. The molecule has 0 aliphatic rings. The van der Waals surface area contributed by atoms with E-state index in [4.69, 9.17) is 0 Å². The van der Waals surface area contributed by atoms with Gasteiger partial charge in [-0.3, -0.25) is 0 Å². The van der Waals surface area contributed by atoms with E-state index in [9.17, 15) is 8.42 Å². The summed E-state index contributed by atoms with van der Waals surface area (Å²) in [5.74, 6) is 0.588. The molecule has 7 heteroatoms. The lowest BCUT2D eigenvalue weighted by Gasteiger charge is -2.17. The molecule has 0 saturated heterocycles. The van der Waals surface area contributed by atoms with Gasteiger partial charge in [0.05, 0.1) is 18.0 Å². The first-order chi connectivity index (χ1) is 13.9. The van der Waals surface area contributed by atoms with Crippen LogP contribution in [0.2, 0.25) is 0 Å². The molecular formula is C22H34Br2O2S3. The van der Waals surface area contributed by atoms with E-state index >= 15 is 0 Å². The average molecular weight is 587 g/mol. The van der Waals surface area contributed by atoms with Crippen LogP contribution in [0.4, 0.5) is 0 Å². The Morgan fingerprint density at radius 3 is 1.97 bits per heavy atom. The lowest BCUT2D eigenvalue weighted by atomic mass is 9.96. The number of thiophene rings is 2. The summed E-state index contributed by atoms with van der Waals surface area (Å²) in [5, 5.41) is 1.01. The van der Waals surface area contributed by atoms with Crippen molar-refractivity contribution < 1.29 is 8.42 Å². The molecule has 2 heterocycles. The SMILES string of the molecule is CCCCCCCCC(CCCCCC)CS(=O)(=O)c1cc2c(Br)sc(Br)c2s1. The number of hydrogen-bond donors (Lipinski definition) is 0. The third kappa shape index (κ3) is 8.21. The summed E-state index contributed by atoms with van der Waals surface area (Å²) in [4.78, 5) is 0. The second-order valence-electron chi connectivity index (χ2n) is 8.01. The number of hydrogen-bond acceptors (Lipinski definition) is 4. The first kappa shape index (κ1) is 25.8. The minimum atomic E-state index is -3.24. The molecule has 0 saturated carbocycles. The highest BCUT2D eigenvalue weighted by molar-refractivity contribution is 9.12. The van der Waals surface area contributed by atoms with E-state index in [1.807, 2.05) is 6.07 Å². The molecule has 0 fully saturated rings. The van der Waals surface area contributed by atoms with Crippen molar-refractivity contribution >= 4 is 74.5 Å². The van der Waals surface area contributed by atoms with Gasteiger partial charge in [0, 0.05) is 5.39 Å². The van der Waals surface area contributed by atoms with Crippen LogP contribution in [-0.2, 0) is 9.84 Å². The molecule has 166 valence electrons. The molecule has 29 heavy (non-hydrogen) atoms. The van der Waals surface area contributed by atoms with E-state index in [2.05, 4.69) is 45.7 Å². The summed E-state index contributed by atoms with van der Waals surface area (Å²) >= 11 is 10.1. The van der Waals surface area contributed by atoms with Gasteiger partial charge < -0.3 is 0 Å². The van der Waals surface area contributed by atoms with E-state index in [1.54, 1.807) is 11.3 Å². The third-order valence-corrected chi connectivity index (χ3v) is 12.0. The van der Waals surface area contributed by atoms with E-state index in [0.717, 1.165) is 43.3 Å². The van der Waals surface area contributed by atoms with Gasteiger partial charge in [-0.25, -0.2) is 8.42 Å². The Balaban J connectivity index is 2.00. The van der Waals surface area contributed by atoms with E-state index < -0.39 is 9.84 Å². The Morgan fingerprint density at radius 1 is 0.828 bits per heavy atom. The highest BCUT2D eigenvalue weighted by atomic mass is 79.9. The Morgan fingerprint density at radius 2 is 1.38 bits per heavy atom. The van der Waals surface area contributed by atoms with E-state index in [-0.39, 0.29) is 5.92 Å². The van der Waals surface area contributed by atoms with Crippen molar-refractivity contribution in [2.75, 3.05) is 5.75 Å². The molecule has 0 bridgehead atoms. The van der Waals surface area contributed by atoms with Crippen LogP contribution in [0.15, 0.2) is 17.8 Å². The van der Waals surface area contributed by atoms with Crippen LogP contribution in [0, 0.1) is 5.92 Å². The first-order valence-electron chi connectivity index (χ1n) is 11.0. The fourth-order valence-electron chi connectivity index (χ4n) is 3.77. The van der Waals surface area contributed by atoms with Crippen molar-refractivity contribution in [3.63, 3.8) is 0 Å². The number of unbranched alkanes of at least 4 members (excludes halogenated alkanes) is 8. The second kappa shape index (κ2) is 13.2. The van der Waals surface area contributed by atoms with Crippen LogP contribution in [0.1, 0.15) is 90.9 Å². The maximum atomic E-state index is 13.2. The van der Waals surface area contributed by atoms with E-state index in [0.29, 0.717) is 9.96 Å². The summed E-state index contributed by atoms with van der Waals surface area (Å²) in [7, 11) is -3.24. The monoisotopic (exact) mass is 584 g/mol. The quantitative estimate of drug-likeness (QED) is 0.195. The number of sulfone groups is 1. The fraction of sp³-hybridized carbons (Fsp3) is 0.727. The van der Waals surface area contributed by atoms with Crippen LogP contribution >= 0.6 is 54.5 Å². The van der Waals surface area contributed by atoms with Gasteiger partial charge in [0.2, 0.25) is 0 Å². The largest absolute Gasteiger partial charge is 0.223 e. The second-order valence-corrected chi connectivity index (χ2v) is 15.0. The average Bonchev–Trinajstić information content (AvgIpc) is 3.23. The molecule has 0 spiro atoms. The number of halogens is 2. The first-order valence-corrected chi connectivity index (χ1v) is 15.9. The Kier molecular flexibility index (Phi) is 11.8. The molecule has 2 aromatic rings. The maximum Gasteiger partial charge on any atom is 0.188 e. The highest BCUT2D eigenvalue weighted by Crippen LogP contribution is 2.45. The van der Waals surface area contributed by atoms with Crippen molar-refractivity contribution in [3.05, 3.63) is 13.6 Å². The van der Waals surface area contributed by atoms with Gasteiger partial charge in [-0.15, -0.1) is 22.7 Å².